The first-order chi connectivity index (χ1) is 4.56. The fourth-order valence-corrected chi connectivity index (χ4v) is 0.953. The molecule has 0 heterocycles. The summed E-state index contributed by atoms with van der Waals surface area (Å²) in [7, 11) is -3.91. The third kappa shape index (κ3) is 7.87. The molecule has 0 aromatic rings. The molecule has 10 heavy (non-hydrogen) atoms. The van der Waals surface area contributed by atoms with Gasteiger partial charge in [0.2, 0.25) is 0 Å². The first-order valence-corrected chi connectivity index (χ1v) is 4.48. The Morgan fingerprint density at radius 1 is 1.30 bits per heavy atom. The Kier molecular flexibility index (Phi) is 4.59. The molecule has 0 bridgehead atoms. The lowest BCUT2D eigenvalue weighted by molar-refractivity contribution is 0.284. The molecule has 0 atom stereocenters. The van der Waals surface area contributed by atoms with Gasteiger partial charge in [-0.25, -0.2) is 0 Å². The molecule has 1 radical (unpaired) electrons. The van der Waals surface area contributed by atoms with Crippen LogP contribution in [0.3, 0.4) is 0 Å². The van der Waals surface area contributed by atoms with Gasteiger partial charge >= 0.3 is 0 Å². The predicted molar refractivity (Wildman–Crippen MR) is 36.8 cm³/mol. The lowest BCUT2D eigenvalue weighted by Gasteiger charge is -1.94. The van der Waals surface area contributed by atoms with Gasteiger partial charge in [-0.1, -0.05) is 0 Å². The van der Waals surface area contributed by atoms with Crippen LogP contribution in [-0.4, -0.2) is 24.7 Å². The molecule has 0 aliphatic rings. The molecule has 0 amide bonds. The Bertz CT molecular complexity index is 160. The maximum Gasteiger partial charge on any atom is 0.269 e. The minimum atomic E-state index is -3.91. The van der Waals surface area contributed by atoms with E-state index in [1.54, 1.807) is 0 Å². The van der Waals surface area contributed by atoms with Crippen LogP contribution in [0.4, 0.5) is 0 Å². The van der Waals surface area contributed by atoms with Crippen LogP contribution >= 0.6 is 0 Å². The lowest BCUT2D eigenvalue weighted by Crippen LogP contribution is -1.97. The number of unbranched alkanes of at least 4 members (excludes halogenated alkanes) is 2. The highest BCUT2D eigenvalue weighted by Crippen LogP contribution is 2.01. The van der Waals surface area contributed by atoms with Crippen LogP contribution in [0.2, 0.25) is 0 Å². The van der Waals surface area contributed by atoms with Crippen LogP contribution in [0.25, 0.3) is 0 Å². The Labute approximate surface area is 60.6 Å². The summed E-state index contributed by atoms with van der Waals surface area (Å²) in [6.45, 7) is 0.0549. The van der Waals surface area contributed by atoms with E-state index in [0.29, 0.717) is 19.3 Å². The molecule has 5 heteroatoms. The lowest BCUT2D eigenvalue weighted by atomic mass is 10.3. The maximum atomic E-state index is 10.0. The molecule has 0 aliphatic heterocycles. The van der Waals surface area contributed by atoms with E-state index in [-0.39, 0.29) is 6.61 Å². The molecule has 61 valence electrons. The van der Waals surface area contributed by atoms with Gasteiger partial charge in [-0.15, -0.1) is 0 Å². The molecule has 0 aliphatic carbocycles. The quantitative estimate of drug-likeness (QED) is 0.453. The zero-order chi connectivity index (χ0) is 8.04. The van der Waals surface area contributed by atoms with Crippen LogP contribution in [-0.2, 0) is 10.1 Å². The summed E-state index contributed by atoms with van der Waals surface area (Å²) in [4.78, 5) is 0. The Balaban J connectivity index is 3.21. The molecule has 4 nitrogen and oxygen atoms in total. The van der Waals surface area contributed by atoms with E-state index in [9.17, 15) is 8.42 Å². The van der Waals surface area contributed by atoms with Gasteiger partial charge < -0.3 is 5.11 Å². The Hall–Kier alpha value is -0.130. The van der Waals surface area contributed by atoms with Crippen LogP contribution in [0, 0.1) is 5.75 Å². The molecule has 0 spiro atoms. The van der Waals surface area contributed by atoms with E-state index in [2.05, 4.69) is 0 Å². The van der Waals surface area contributed by atoms with Crippen molar-refractivity contribution in [2.75, 3.05) is 6.61 Å². The summed E-state index contributed by atoms with van der Waals surface area (Å²) < 4.78 is 28.2. The van der Waals surface area contributed by atoms with Crippen molar-refractivity contribution in [3.63, 3.8) is 0 Å². The van der Waals surface area contributed by atoms with Crippen molar-refractivity contribution >= 4 is 10.1 Å². The highest BCUT2D eigenvalue weighted by atomic mass is 32.2. The molecule has 0 saturated carbocycles. The summed E-state index contributed by atoms with van der Waals surface area (Å²) in [5, 5.41) is 8.27. The standard InChI is InChI=1S/C5H11O4S/c6-4-2-1-3-5-10(7,8)9/h5-6H,1-4H2,(H,7,8,9). The number of hydrogen-bond donors (Lipinski definition) is 2. The minimum absolute atomic E-state index is 0.0549. The van der Waals surface area contributed by atoms with E-state index in [1.807, 2.05) is 0 Å². The third-order valence-corrected chi connectivity index (χ3v) is 1.60. The van der Waals surface area contributed by atoms with Crippen molar-refractivity contribution in [3.8, 4) is 0 Å². The number of hydrogen-bond acceptors (Lipinski definition) is 3. The molecule has 0 rings (SSSR count). The van der Waals surface area contributed by atoms with Crippen LogP contribution < -0.4 is 0 Å². The molecular formula is C5H11O4S. The number of rotatable bonds is 5. The Morgan fingerprint density at radius 3 is 2.30 bits per heavy atom. The molecule has 0 aromatic carbocycles. The largest absolute Gasteiger partial charge is 0.396 e. The summed E-state index contributed by atoms with van der Waals surface area (Å²) >= 11 is 0. The highest BCUT2D eigenvalue weighted by molar-refractivity contribution is 7.87. The van der Waals surface area contributed by atoms with Gasteiger partial charge in [0.15, 0.2) is 0 Å². The Morgan fingerprint density at radius 2 is 1.90 bits per heavy atom. The SMILES string of the molecule is O=S(=O)(O)[CH]CCCCO. The fraction of sp³-hybridized carbons (Fsp3) is 0.800. The fourth-order valence-electron chi connectivity index (χ4n) is 0.488. The van der Waals surface area contributed by atoms with E-state index in [0.717, 1.165) is 5.75 Å². The van der Waals surface area contributed by atoms with Gasteiger partial charge in [-0.3, -0.25) is 4.55 Å². The first-order valence-electron chi connectivity index (χ1n) is 2.98. The first kappa shape index (κ1) is 9.87. The summed E-state index contributed by atoms with van der Waals surface area (Å²) in [5.74, 6) is 0.836. The van der Waals surface area contributed by atoms with Crippen LogP contribution in [0.1, 0.15) is 19.3 Å². The van der Waals surface area contributed by atoms with Gasteiger partial charge in [0, 0.05) is 6.61 Å². The van der Waals surface area contributed by atoms with Gasteiger partial charge in [0.25, 0.3) is 10.1 Å². The summed E-state index contributed by atoms with van der Waals surface area (Å²) in [6.07, 6.45) is 1.43. The van der Waals surface area contributed by atoms with E-state index >= 15 is 0 Å². The van der Waals surface area contributed by atoms with Gasteiger partial charge in [-0.05, 0) is 19.3 Å². The zero-order valence-corrected chi connectivity index (χ0v) is 6.34. The second-order valence-corrected chi connectivity index (χ2v) is 3.26. The zero-order valence-electron chi connectivity index (χ0n) is 5.52. The topological polar surface area (TPSA) is 74.6 Å². The molecule has 0 unspecified atom stereocenters. The minimum Gasteiger partial charge on any atom is -0.396 e. The second kappa shape index (κ2) is 4.65. The molecule has 0 aromatic heterocycles. The van der Waals surface area contributed by atoms with Crippen molar-refractivity contribution in [3.05, 3.63) is 5.75 Å². The third-order valence-electron chi connectivity index (χ3n) is 0.941. The van der Waals surface area contributed by atoms with Crippen molar-refractivity contribution < 1.29 is 18.1 Å². The van der Waals surface area contributed by atoms with Gasteiger partial charge in [0.1, 0.15) is 5.75 Å². The molecular weight excluding hydrogens is 156 g/mol. The number of aliphatic hydroxyl groups excluding tert-OH is 1. The molecule has 2 N–H and O–H groups in total. The monoisotopic (exact) mass is 167 g/mol. The highest BCUT2D eigenvalue weighted by Gasteiger charge is 2.02. The predicted octanol–water partition coefficient (Wildman–Crippen LogP) is 0.199. The summed E-state index contributed by atoms with van der Waals surface area (Å²) in [5.41, 5.74) is 0. The van der Waals surface area contributed by atoms with Crippen LogP contribution in [0.15, 0.2) is 0 Å². The van der Waals surface area contributed by atoms with Gasteiger partial charge in [-0.2, -0.15) is 8.42 Å². The summed E-state index contributed by atoms with van der Waals surface area (Å²) in [6, 6.07) is 0. The van der Waals surface area contributed by atoms with Crippen LogP contribution in [0.5, 0.6) is 0 Å². The van der Waals surface area contributed by atoms with E-state index in [1.165, 1.54) is 0 Å². The van der Waals surface area contributed by atoms with Crippen molar-refractivity contribution in [1.82, 2.24) is 0 Å². The number of aliphatic hydroxyl groups is 1. The van der Waals surface area contributed by atoms with Crippen molar-refractivity contribution in [1.29, 1.82) is 0 Å². The smallest absolute Gasteiger partial charge is 0.269 e. The van der Waals surface area contributed by atoms with E-state index in [4.69, 9.17) is 9.66 Å². The normalized spacial score (nSPS) is 11.8. The molecule has 0 saturated heterocycles. The van der Waals surface area contributed by atoms with Crippen molar-refractivity contribution in [2.24, 2.45) is 0 Å². The van der Waals surface area contributed by atoms with E-state index < -0.39 is 10.1 Å². The second-order valence-electron chi connectivity index (χ2n) is 1.90. The average Bonchev–Trinajstić information content (AvgIpc) is 1.78. The maximum absolute atomic E-state index is 10.0. The van der Waals surface area contributed by atoms with Gasteiger partial charge in [0.05, 0.1) is 0 Å². The average molecular weight is 167 g/mol. The molecule has 0 fully saturated rings. The van der Waals surface area contributed by atoms with Crippen molar-refractivity contribution in [2.45, 2.75) is 19.3 Å².